The largest absolute Gasteiger partial charge is 0.371 e. The molecule has 2 aromatic rings. The molecule has 0 aromatic carbocycles. The van der Waals surface area contributed by atoms with Crippen LogP contribution in [0, 0.1) is 0 Å². The van der Waals surface area contributed by atoms with Crippen LogP contribution in [0.15, 0.2) is 18.5 Å². The van der Waals surface area contributed by atoms with E-state index in [-0.39, 0.29) is 0 Å². The van der Waals surface area contributed by atoms with Gasteiger partial charge in [-0.2, -0.15) is 0 Å². The van der Waals surface area contributed by atoms with Crippen LogP contribution in [-0.4, -0.2) is 28.9 Å². The predicted molar refractivity (Wildman–Crippen MR) is 67.5 cm³/mol. The summed E-state index contributed by atoms with van der Waals surface area (Å²) < 4.78 is 1.92. The standard InChI is InChI=1S/C13H15N3O/c1-15-8-10(9-17)12-11(4-5-14-13(12)15)16-6-2-3-7-16/h4-5,8-9H,2-3,6-7H2,1H3. The number of hydrogen-bond acceptors (Lipinski definition) is 3. The molecule has 1 saturated heterocycles. The molecular formula is C13H15N3O. The Morgan fingerprint density at radius 3 is 2.82 bits per heavy atom. The number of anilines is 1. The first kappa shape index (κ1) is 10.3. The van der Waals surface area contributed by atoms with Crippen molar-refractivity contribution in [3.05, 3.63) is 24.0 Å². The second kappa shape index (κ2) is 3.87. The number of aldehydes is 1. The maximum atomic E-state index is 11.1. The first-order valence-electron chi connectivity index (χ1n) is 5.95. The van der Waals surface area contributed by atoms with E-state index < -0.39 is 0 Å². The summed E-state index contributed by atoms with van der Waals surface area (Å²) in [6.07, 6.45) is 7.05. The molecule has 0 saturated carbocycles. The molecular weight excluding hydrogens is 214 g/mol. The lowest BCUT2D eigenvalue weighted by molar-refractivity contribution is 0.112. The summed E-state index contributed by atoms with van der Waals surface area (Å²) in [7, 11) is 1.93. The Labute approximate surface area is 99.9 Å². The fourth-order valence-corrected chi connectivity index (χ4v) is 2.63. The zero-order valence-corrected chi connectivity index (χ0v) is 9.89. The number of pyridine rings is 1. The summed E-state index contributed by atoms with van der Waals surface area (Å²) in [5, 5.41) is 0.993. The highest BCUT2D eigenvalue weighted by Gasteiger charge is 2.18. The van der Waals surface area contributed by atoms with E-state index in [1.807, 2.05) is 30.1 Å². The van der Waals surface area contributed by atoms with E-state index in [9.17, 15) is 4.79 Å². The van der Waals surface area contributed by atoms with Crippen molar-refractivity contribution in [1.82, 2.24) is 9.55 Å². The summed E-state index contributed by atoms with van der Waals surface area (Å²) in [5.74, 6) is 0. The van der Waals surface area contributed by atoms with Crippen molar-refractivity contribution in [2.75, 3.05) is 18.0 Å². The number of aromatic nitrogens is 2. The molecule has 0 atom stereocenters. The van der Waals surface area contributed by atoms with E-state index in [1.165, 1.54) is 12.8 Å². The number of aryl methyl sites for hydroxylation is 1. The van der Waals surface area contributed by atoms with Gasteiger partial charge in [0.1, 0.15) is 5.65 Å². The number of rotatable bonds is 2. The van der Waals surface area contributed by atoms with Gasteiger partial charge in [-0.15, -0.1) is 0 Å². The third-order valence-corrected chi connectivity index (χ3v) is 3.44. The van der Waals surface area contributed by atoms with Crippen molar-refractivity contribution >= 4 is 23.0 Å². The third-order valence-electron chi connectivity index (χ3n) is 3.44. The van der Waals surface area contributed by atoms with Crippen LogP contribution in [0.3, 0.4) is 0 Å². The molecule has 88 valence electrons. The van der Waals surface area contributed by atoms with Gasteiger partial charge in [-0.25, -0.2) is 4.98 Å². The Morgan fingerprint density at radius 1 is 1.35 bits per heavy atom. The number of nitrogens with zero attached hydrogens (tertiary/aromatic N) is 3. The highest BCUT2D eigenvalue weighted by molar-refractivity contribution is 6.03. The molecule has 3 rings (SSSR count). The molecule has 0 N–H and O–H groups in total. The van der Waals surface area contributed by atoms with Crippen LogP contribution in [0.5, 0.6) is 0 Å². The Balaban J connectivity index is 2.26. The van der Waals surface area contributed by atoms with Crippen LogP contribution in [0.4, 0.5) is 5.69 Å². The second-order valence-electron chi connectivity index (χ2n) is 4.54. The van der Waals surface area contributed by atoms with Gasteiger partial charge in [0.25, 0.3) is 0 Å². The van der Waals surface area contributed by atoms with E-state index in [2.05, 4.69) is 9.88 Å². The molecule has 4 nitrogen and oxygen atoms in total. The lowest BCUT2D eigenvalue weighted by Gasteiger charge is -2.18. The van der Waals surface area contributed by atoms with E-state index in [1.54, 1.807) is 0 Å². The summed E-state index contributed by atoms with van der Waals surface area (Å²) in [6, 6.07) is 2.01. The van der Waals surface area contributed by atoms with E-state index >= 15 is 0 Å². The average molecular weight is 229 g/mol. The van der Waals surface area contributed by atoms with Gasteiger partial charge in [0, 0.05) is 38.1 Å². The molecule has 0 unspecified atom stereocenters. The normalized spacial score (nSPS) is 15.7. The Morgan fingerprint density at radius 2 is 2.12 bits per heavy atom. The minimum absolute atomic E-state index is 0.734. The van der Waals surface area contributed by atoms with Gasteiger partial charge in [0.2, 0.25) is 0 Å². The van der Waals surface area contributed by atoms with Gasteiger partial charge in [-0.1, -0.05) is 0 Å². The number of hydrogen-bond donors (Lipinski definition) is 0. The Hall–Kier alpha value is -1.84. The van der Waals surface area contributed by atoms with Crippen molar-refractivity contribution in [1.29, 1.82) is 0 Å². The monoisotopic (exact) mass is 229 g/mol. The quantitative estimate of drug-likeness (QED) is 0.739. The molecule has 17 heavy (non-hydrogen) atoms. The number of carbonyl (C=O) groups excluding carboxylic acids is 1. The predicted octanol–water partition coefficient (Wildman–Crippen LogP) is 1.99. The summed E-state index contributed by atoms with van der Waals surface area (Å²) in [6.45, 7) is 2.15. The average Bonchev–Trinajstić information content (AvgIpc) is 2.97. The highest BCUT2D eigenvalue weighted by atomic mass is 16.1. The molecule has 4 heteroatoms. The van der Waals surface area contributed by atoms with Crippen molar-refractivity contribution < 1.29 is 4.79 Å². The molecule has 0 bridgehead atoms. The van der Waals surface area contributed by atoms with Crippen LogP contribution >= 0.6 is 0 Å². The van der Waals surface area contributed by atoms with Crippen LogP contribution < -0.4 is 4.90 Å². The van der Waals surface area contributed by atoms with Gasteiger partial charge in [0.15, 0.2) is 6.29 Å². The first-order chi connectivity index (χ1) is 8.31. The first-order valence-corrected chi connectivity index (χ1v) is 5.95. The van der Waals surface area contributed by atoms with Crippen LogP contribution in [-0.2, 0) is 7.05 Å². The molecule has 2 aromatic heterocycles. The molecule has 0 radical (unpaired) electrons. The van der Waals surface area contributed by atoms with Crippen molar-refractivity contribution in [3.63, 3.8) is 0 Å². The summed E-state index contributed by atoms with van der Waals surface area (Å²) in [5.41, 5.74) is 2.77. The zero-order chi connectivity index (χ0) is 11.8. The maximum absolute atomic E-state index is 11.1. The fourth-order valence-electron chi connectivity index (χ4n) is 2.63. The molecule has 0 spiro atoms. The van der Waals surface area contributed by atoms with Crippen molar-refractivity contribution in [3.8, 4) is 0 Å². The molecule has 0 aliphatic carbocycles. The van der Waals surface area contributed by atoms with Gasteiger partial charge in [0.05, 0.1) is 11.1 Å². The third kappa shape index (κ3) is 1.52. The van der Waals surface area contributed by atoms with E-state index in [0.717, 1.165) is 41.7 Å². The molecule has 0 amide bonds. The topological polar surface area (TPSA) is 38.1 Å². The minimum Gasteiger partial charge on any atom is -0.371 e. The maximum Gasteiger partial charge on any atom is 0.152 e. The minimum atomic E-state index is 0.734. The second-order valence-corrected chi connectivity index (χ2v) is 4.54. The lowest BCUT2D eigenvalue weighted by atomic mass is 10.2. The molecule has 1 aliphatic heterocycles. The smallest absolute Gasteiger partial charge is 0.152 e. The van der Waals surface area contributed by atoms with Crippen LogP contribution in [0.1, 0.15) is 23.2 Å². The van der Waals surface area contributed by atoms with Crippen molar-refractivity contribution in [2.45, 2.75) is 12.8 Å². The number of fused-ring (bicyclic) bond motifs is 1. The Bertz CT molecular complexity index is 567. The fraction of sp³-hybridized carbons (Fsp3) is 0.385. The molecule has 1 aliphatic rings. The summed E-state index contributed by atoms with van der Waals surface area (Å²) >= 11 is 0. The van der Waals surface area contributed by atoms with Crippen LogP contribution in [0.25, 0.3) is 11.0 Å². The van der Waals surface area contributed by atoms with Crippen LogP contribution in [0.2, 0.25) is 0 Å². The SMILES string of the molecule is Cn1cc(C=O)c2c(N3CCCC3)ccnc21. The highest BCUT2D eigenvalue weighted by Crippen LogP contribution is 2.30. The van der Waals surface area contributed by atoms with Crippen molar-refractivity contribution in [2.24, 2.45) is 7.05 Å². The van der Waals surface area contributed by atoms with Gasteiger partial charge in [-0.3, -0.25) is 4.79 Å². The zero-order valence-electron chi connectivity index (χ0n) is 9.89. The lowest BCUT2D eigenvalue weighted by Crippen LogP contribution is -2.18. The van der Waals surface area contributed by atoms with Gasteiger partial charge >= 0.3 is 0 Å². The molecule has 1 fully saturated rings. The van der Waals surface area contributed by atoms with Gasteiger partial charge < -0.3 is 9.47 Å². The van der Waals surface area contributed by atoms with Gasteiger partial charge in [-0.05, 0) is 18.9 Å². The van der Waals surface area contributed by atoms with E-state index in [0.29, 0.717) is 0 Å². The Kier molecular flexibility index (Phi) is 2.35. The summed E-state index contributed by atoms with van der Waals surface area (Å²) in [4.78, 5) is 17.8. The number of carbonyl (C=O) groups is 1. The van der Waals surface area contributed by atoms with E-state index in [4.69, 9.17) is 0 Å². The molecule has 3 heterocycles.